The van der Waals surface area contributed by atoms with Gasteiger partial charge in [0.25, 0.3) is 5.91 Å². The maximum Gasteiger partial charge on any atom is 0.272 e. The summed E-state index contributed by atoms with van der Waals surface area (Å²) in [6.45, 7) is 2.85. The third-order valence-corrected chi connectivity index (χ3v) is 4.08. The van der Waals surface area contributed by atoms with Gasteiger partial charge in [-0.3, -0.25) is 14.5 Å². The molecule has 0 aliphatic carbocycles. The van der Waals surface area contributed by atoms with Crippen molar-refractivity contribution < 1.29 is 13.9 Å². The van der Waals surface area contributed by atoms with Crippen LogP contribution in [0.25, 0.3) is 0 Å². The number of carbonyl (C=O) groups excluding carboxylic acids is 1. The van der Waals surface area contributed by atoms with Crippen LogP contribution in [0.2, 0.25) is 0 Å². The minimum Gasteiger partial charge on any atom is -0.488 e. The van der Waals surface area contributed by atoms with E-state index in [9.17, 15) is 4.79 Å². The first kappa shape index (κ1) is 15.4. The van der Waals surface area contributed by atoms with Crippen molar-refractivity contribution in [2.75, 3.05) is 0 Å². The number of fused-ring (bicyclic) bond motifs is 1. The van der Waals surface area contributed by atoms with Gasteiger partial charge < -0.3 is 14.5 Å². The highest BCUT2D eigenvalue weighted by molar-refractivity contribution is 5.92. The molecule has 25 heavy (non-hydrogen) atoms. The van der Waals surface area contributed by atoms with E-state index < -0.39 is 0 Å². The minimum atomic E-state index is -0.206. The van der Waals surface area contributed by atoms with E-state index in [0.717, 1.165) is 29.4 Å². The number of aryl methyl sites for hydroxylation is 1. The molecule has 1 aliphatic heterocycles. The van der Waals surface area contributed by atoms with Gasteiger partial charge in [0.1, 0.15) is 29.1 Å². The first-order chi connectivity index (χ1) is 12.2. The summed E-state index contributed by atoms with van der Waals surface area (Å²) in [5.41, 5.74) is 1.42. The molecule has 7 heteroatoms. The number of rotatable bonds is 5. The largest absolute Gasteiger partial charge is 0.488 e. The Kier molecular flexibility index (Phi) is 3.97. The average molecular weight is 338 g/mol. The van der Waals surface area contributed by atoms with E-state index in [1.165, 1.54) is 0 Å². The average Bonchev–Trinajstić information content (AvgIpc) is 3.28. The van der Waals surface area contributed by atoms with Crippen LogP contribution in [0, 0.1) is 6.92 Å². The molecule has 3 aromatic heterocycles. The monoisotopic (exact) mass is 338 g/mol. The number of pyridine rings is 1. The van der Waals surface area contributed by atoms with E-state index in [1.807, 2.05) is 41.9 Å². The summed E-state index contributed by atoms with van der Waals surface area (Å²) in [6.07, 6.45) is 4.14. The molecule has 0 bridgehead atoms. The third kappa shape index (κ3) is 3.40. The fourth-order valence-electron chi connectivity index (χ4n) is 2.91. The zero-order valence-corrected chi connectivity index (χ0v) is 13.8. The number of nitrogens with one attached hydrogen (secondary N) is 1. The van der Waals surface area contributed by atoms with Crippen molar-refractivity contribution >= 4 is 5.91 Å². The van der Waals surface area contributed by atoms with Crippen LogP contribution in [0.15, 0.2) is 47.1 Å². The van der Waals surface area contributed by atoms with Crippen molar-refractivity contribution in [3.63, 3.8) is 0 Å². The van der Waals surface area contributed by atoms with Gasteiger partial charge in [0.2, 0.25) is 0 Å². The van der Waals surface area contributed by atoms with Gasteiger partial charge in [0, 0.05) is 24.5 Å². The van der Waals surface area contributed by atoms with Gasteiger partial charge in [-0.2, -0.15) is 5.10 Å². The molecule has 0 fully saturated rings. The molecule has 128 valence electrons. The summed E-state index contributed by atoms with van der Waals surface area (Å²) in [6, 6.07) is 9.20. The fraction of sp³-hybridized carbons (Fsp3) is 0.278. The van der Waals surface area contributed by atoms with Crippen molar-refractivity contribution in [1.29, 1.82) is 0 Å². The van der Waals surface area contributed by atoms with Gasteiger partial charge in [0.05, 0.1) is 13.1 Å². The van der Waals surface area contributed by atoms with Crippen molar-refractivity contribution in [2.45, 2.75) is 32.5 Å². The Bertz CT molecular complexity index is 861. The standard InChI is InChI=1S/C18H18N4O3/c1-12-2-3-15(24-12)10-20-18(23)17-9-13-8-16(11-22(13)21-17)25-14-4-6-19-7-5-14/h2-7,9,16H,8,10-11H2,1H3,(H,20,23)/t16-/m0/s1. The quantitative estimate of drug-likeness (QED) is 0.770. The summed E-state index contributed by atoms with van der Waals surface area (Å²) < 4.78 is 13.2. The minimum absolute atomic E-state index is 0.0214. The summed E-state index contributed by atoms with van der Waals surface area (Å²) in [5.74, 6) is 2.13. The molecule has 4 rings (SSSR count). The molecule has 3 aromatic rings. The lowest BCUT2D eigenvalue weighted by atomic mass is 10.2. The molecular weight excluding hydrogens is 320 g/mol. The first-order valence-electron chi connectivity index (χ1n) is 8.14. The molecule has 1 aliphatic rings. The Morgan fingerprint density at radius 2 is 2.20 bits per heavy atom. The number of amides is 1. The molecule has 7 nitrogen and oxygen atoms in total. The van der Waals surface area contributed by atoms with Crippen LogP contribution in [-0.4, -0.2) is 26.8 Å². The highest BCUT2D eigenvalue weighted by Gasteiger charge is 2.26. The molecule has 0 aromatic carbocycles. The summed E-state index contributed by atoms with van der Waals surface area (Å²) in [5, 5.41) is 7.20. The maximum absolute atomic E-state index is 12.2. The van der Waals surface area contributed by atoms with E-state index >= 15 is 0 Å². The van der Waals surface area contributed by atoms with Crippen LogP contribution < -0.4 is 10.1 Å². The molecule has 0 unspecified atom stereocenters. The van der Waals surface area contributed by atoms with Crippen molar-refractivity contribution in [2.24, 2.45) is 0 Å². The van der Waals surface area contributed by atoms with Crippen molar-refractivity contribution in [3.8, 4) is 5.75 Å². The van der Waals surface area contributed by atoms with Gasteiger partial charge in [-0.15, -0.1) is 0 Å². The zero-order valence-electron chi connectivity index (χ0n) is 13.8. The normalized spacial score (nSPS) is 15.8. The van der Waals surface area contributed by atoms with Gasteiger partial charge in [0.15, 0.2) is 0 Å². The molecule has 1 N–H and O–H groups in total. The predicted octanol–water partition coefficient (Wildman–Crippen LogP) is 2.11. The number of carbonyl (C=O) groups is 1. The summed E-state index contributed by atoms with van der Waals surface area (Å²) in [7, 11) is 0. The Balaban J connectivity index is 1.35. The highest BCUT2D eigenvalue weighted by Crippen LogP contribution is 2.21. The number of aromatic nitrogens is 3. The highest BCUT2D eigenvalue weighted by atomic mass is 16.5. The SMILES string of the molecule is Cc1ccc(CNC(=O)c2cc3n(n2)C[C@@H](Oc2ccncc2)C3)o1. The van der Waals surface area contributed by atoms with Crippen LogP contribution in [-0.2, 0) is 19.5 Å². The molecule has 0 radical (unpaired) electrons. The second-order valence-electron chi connectivity index (χ2n) is 6.02. The Morgan fingerprint density at radius 3 is 2.92 bits per heavy atom. The van der Waals surface area contributed by atoms with Crippen molar-refractivity contribution in [1.82, 2.24) is 20.1 Å². The number of hydrogen-bond donors (Lipinski definition) is 1. The van der Waals surface area contributed by atoms with Crippen LogP contribution in [0.5, 0.6) is 5.75 Å². The van der Waals surface area contributed by atoms with Gasteiger partial charge in [-0.25, -0.2) is 0 Å². The molecular formula is C18H18N4O3. The lowest BCUT2D eigenvalue weighted by Crippen LogP contribution is -2.24. The molecule has 0 saturated heterocycles. The van der Waals surface area contributed by atoms with Crippen LogP contribution in [0.1, 0.15) is 27.7 Å². The summed E-state index contributed by atoms with van der Waals surface area (Å²) >= 11 is 0. The lowest BCUT2D eigenvalue weighted by Gasteiger charge is -2.12. The smallest absolute Gasteiger partial charge is 0.272 e. The van der Waals surface area contributed by atoms with Crippen LogP contribution in [0.3, 0.4) is 0 Å². The number of nitrogens with zero attached hydrogens (tertiary/aromatic N) is 3. The number of hydrogen-bond acceptors (Lipinski definition) is 5. The second kappa shape index (κ2) is 6.43. The fourth-order valence-corrected chi connectivity index (χ4v) is 2.91. The number of furan rings is 1. The van der Waals surface area contributed by atoms with Crippen LogP contribution >= 0.6 is 0 Å². The van der Waals surface area contributed by atoms with E-state index in [4.69, 9.17) is 9.15 Å². The second-order valence-corrected chi connectivity index (χ2v) is 6.02. The van der Waals surface area contributed by atoms with E-state index in [0.29, 0.717) is 18.8 Å². The molecule has 0 saturated carbocycles. The lowest BCUT2D eigenvalue weighted by molar-refractivity contribution is 0.0941. The van der Waals surface area contributed by atoms with Gasteiger partial charge in [-0.05, 0) is 37.3 Å². The topological polar surface area (TPSA) is 82.2 Å². The molecule has 1 amide bonds. The Hall–Kier alpha value is -3.09. The zero-order chi connectivity index (χ0) is 17.2. The summed E-state index contributed by atoms with van der Waals surface area (Å²) in [4.78, 5) is 16.2. The Labute approximate surface area is 144 Å². The third-order valence-electron chi connectivity index (χ3n) is 4.08. The van der Waals surface area contributed by atoms with E-state index in [-0.39, 0.29) is 12.0 Å². The molecule has 4 heterocycles. The Morgan fingerprint density at radius 1 is 1.36 bits per heavy atom. The maximum atomic E-state index is 12.2. The molecule has 1 atom stereocenters. The molecule has 0 spiro atoms. The van der Waals surface area contributed by atoms with Gasteiger partial charge in [-0.1, -0.05) is 0 Å². The number of ether oxygens (including phenoxy) is 1. The van der Waals surface area contributed by atoms with Gasteiger partial charge >= 0.3 is 0 Å². The van der Waals surface area contributed by atoms with Crippen LogP contribution in [0.4, 0.5) is 0 Å². The first-order valence-corrected chi connectivity index (χ1v) is 8.14. The van der Waals surface area contributed by atoms with E-state index in [1.54, 1.807) is 12.4 Å². The van der Waals surface area contributed by atoms with E-state index in [2.05, 4.69) is 15.4 Å². The predicted molar refractivity (Wildman–Crippen MR) is 89.2 cm³/mol. The van der Waals surface area contributed by atoms with Crippen molar-refractivity contribution in [3.05, 3.63) is 65.6 Å².